The van der Waals surface area contributed by atoms with Crippen LogP contribution in [0.4, 0.5) is 0 Å². The van der Waals surface area contributed by atoms with Crippen molar-refractivity contribution in [2.24, 2.45) is 0 Å². The van der Waals surface area contributed by atoms with E-state index in [0.717, 1.165) is 0 Å². The summed E-state index contributed by atoms with van der Waals surface area (Å²) >= 11 is 0. The van der Waals surface area contributed by atoms with Crippen LogP contribution in [0, 0.1) is 6.92 Å². The van der Waals surface area contributed by atoms with E-state index < -0.39 is 11.9 Å². The first-order valence-corrected chi connectivity index (χ1v) is 6.05. The third-order valence-electron chi connectivity index (χ3n) is 2.65. The average molecular weight is 292 g/mol. The second-order valence-electron chi connectivity index (χ2n) is 4.06. The van der Waals surface area contributed by atoms with Gasteiger partial charge in [-0.25, -0.2) is 9.59 Å². The zero-order valence-electron chi connectivity index (χ0n) is 11.6. The molecule has 0 amide bonds. The number of hydrogen-bond acceptors (Lipinski definition) is 4. The molecule has 0 spiro atoms. The Hall–Kier alpha value is -2.76. The van der Waals surface area contributed by atoms with Crippen molar-refractivity contribution in [2.45, 2.75) is 6.92 Å². The molecule has 0 aromatic heterocycles. The number of aromatic carboxylic acids is 2. The molecule has 0 atom stereocenters. The van der Waals surface area contributed by atoms with Crippen LogP contribution < -0.4 is 9.47 Å². The third-order valence-corrected chi connectivity index (χ3v) is 2.65. The van der Waals surface area contributed by atoms with Gasteiger partial charge in [0.2, 0.25) is 0 Å². The monoisotopic (exact) mass is 292 g/mol. The number of ether oxygens (including phenoxy) is 2. The Labute approximate surface area is 121 Å². The normalized spacial score (nSPS) is 9.76. The van der Waals surface area contributed by atoms with Gasteiger partial charge in [0.05, 0.1) is 5.56 Å². The fourth-order valence-corrected chi connectivity index (χ4v) is 1.75. The predicted octanol–water partition coefficient (Wildman–Crippen LogP) is 2.52. The second-order valence-corrected chi connectivity index (χ2v) is 4.06. The van der Waals surface area contributed by atoms with Gasteiger partial charge in [0.1, 0.15) is 18.8 Å². The first-order chi connectivity index (χ1) is 9.93. The fourth-order valence-electron chi connectivity index (χ4n) is 1.75. The van der Waals surface area contributed by atoms with E-state index >= 15 is 0 Å². The van der Waals surface area contributed by atoms with Crippen LogP contribution in [0.5, 0.6) is 11.5 Å². The van der Waals surface area contributed by atoms with E-state index in [9.17, 15) is 14.7 Å². The minimum atomic E-state index is -1.29. The molecule has 0 saturated carbocycles. The Morgan fingerprint density at radius 1 is 1.14 bits per heavy atom. The molecule has 0 heterocycles. The average Bonchev–Trinajstić information content (AvgIpc) is 2.42. The Morgan fingerprint density at radius 2 is 1.71 bits per heavy atom. The highest BCUT2D eigenvalue weighted by atomic mass is 16.5. The van der Waals surface area contributed by atoms with Crippen molar-refractivity contribution in [2.75, 3.05) is 13.2 Å². The first kappa shape index (κ1) is 16.3. The van der Waals surface area contributed by atoms with Gasteiger partial charge in [-0.2, -0.15) is 0 Å². The number of carbonyl (C=O) groups is 2. The molecule has 0 aliphatic rings. The van der Waals surface area contributed by atoms with Gasteiger partial charge in [0.15, 0.2) is 11.5 Å². The first-order valence-electron chi connectivity index (χ1n) is 6.05. The standard InChI is InChI=1S/C15H16O6/c1-4-6-20-11-8-10(14(16)17)9(3)12(15(18)19)13(11)21-7-5-2/h4-5,8H,1-2,6-7H2,3H3,(H,16,17)(H,18,19). The summed E-state index contributed by atoms with van der Waals surface area (Å²) in [6, 6.07) is 1.24. The van der Waals surface area contributed by atoms with Crippen molar-refractivity contribution in [3.8, 4) is 11.5 Å². The van der Waals surface area contributed by atoms with Gasteiger partial charge in [-0.1, -0.05) is 25.3 Å². The zero-order valence-corrected chi connectivity index (χ0v) is 11.6. The Kier molecular flexibility index (Phi) is 5.54. The van der Waals surface area contributed by atoms with Gasteiger partial charge in [0.25, 0.3) is 0 Å². The van der Waals surface area contributed by atoms with Gasteiger partial charge in [-0.3, -0.25) is 0 Å². The van der Waals surface area contributed by atoms with Crippen molar-refractivity contribution < 1.29 is 29.3 Å². The van der Waals surface area contributed by atoms with Crippen LogP contribution in [0.3, 0.4) is 0 Å². The maximum absolute atomic E-state index is 11.4. The number of benzene rings is 1. The molecule has 6 heteroatoms. The number of carboxylic acids is 2. The van der Waals surface area contributed by atoms with Crippen LogP contribution in [0.2, 0.25) is 0 Å². The molecule has 0 aliphatic carbocycles. The Bertz CT molecular complexity index is 588. The smallest absolute Gasteiger partial charge is 0.339 e. The summed E-state index contributed by atoms with van der Waals surface area (Å²) in [5.74, 6) is -2.52. The highest BCUT2D eigenvalue weighted by Gasteiger charge is 2.25. The molecule has 21 heavy (non-hydrogen) atoms. The summed E-state index contributed by atoms with van der Waals surface area (Å²) in [5.41, 5.74) is -0.298. The lowest BCUT2D eigenvalue weighted by Crippen LogP contribution is -2.12. The molecule has 1 rings (SSSR count). The largest absolute Gasteiger partial charge is 0.486 e. The fraction of sp³-hybridized carbons (Fsp3) is 0.200. The van der Waals surface area contributed by atoms with Crippen LogP contribution >= 0.6 is 0 Å². The van der Waals surface area contributed by atoms with E-state index in [1.165, 1.54) is 25.1 Å². The van der Waals surface area contributed by atoms with Crippen molar-refractivity contribution in [1.82, 2.24) is 0 Å². The maximum Gasteiger partial charge on any atom is 0.339 e. The van der Waals surface area contributed by atoms with Crippen LogP contribution in [0.15, 0.2) is 31.4 Å². The molecule has 2 N–H and O–H groups in total. The van der Waals surface area contributed by atoms with Crippen molar-refractivity contribution >= 4 is 11.9 Å². The molecule has 0 fully saturated rings. The molecule has 0 bridgehead atoms. The maximum atomic E-state index is 11.4. The summed E-state index contributed by atoms with van der Waals surface area (Å²) in [6.45, 7) is 8.54. The zero-order chi connectivity index (χ0) is 16.0. The number of hydrogen-bond donors (Lipinski definition) is 2. The van der Waals surface area contributed by atoms with Gasteiger partial charge < -0.3 is 19.7 Å². The van der Waals surface area contributed by atoms with E-state index in [1.54, 1.807) is 0 Å². The van der Waals surface area contributed by atoms with E-state index in [1.807, 2.05) is 0 Å². The van der Waals surface area contributed by atoms with Gasteiger partial charge >= 0.3 is 11.9 Å². The molecule has 0 saturated heterocycles. The molecule has 1 aromatic rings. The van der Waals surface area contributed by atoms with Crippen molar-refractivity contribution in [3.63, 3.8) is 0 Å². The van der Waals surface area contributed by atoms with Crippen LogP contribution in [-0.4, -0.2) is 35.4 Å². The minimum absolute atomic E-state index is 0.0215. The Morgan fingerprint density at radius 3 is 2.19 bits per heavy atom. The highest BCUT2D eigenvalue weighted by Crippen LogP contribution is 2.36. The predicted molar refractivity (Wildman–Crippen MR) is 76.5 cm³/mol. The van der Waals surface area contributed by atoms with E-state index in [4.69, 9.17) is 14.6 Å². The molecule has 6 nitrogen and oxygen atoms in total. The highest BCUT2D eigenvalue weighted by molar-refractivity contribution is 6.00. The molecular formula is C15H16O6. The molecule has 0 unspecified atom stereocenters. The lowest BCUT2D eigenvalue weighted by molar-refractivity contribution is 0.0691. The molecular weight excluding hydrogens is 276 g/mol. The topological polar surface area (TPSA) is 93.1 Å². The van der Waals surface area contributed by atoms with Crippen LogP contribution in [0.25, 0.3) is 0 Å². The van der Waals surface area contributed by atoms with E-state index in [0.29, 0.717) is 0 Å². The van der Waals surface area contributed by atoms with Crippen LogP contribution in [0.1, 0.15) is 26.3 Å². The number of rotatable bonds is 8. The molecule has 0 radical (unpaired) electrons. The lowest BCUT2D eigenvalue weighted by atomic mass is 10.0. The van der Waals surface area contributed by atoms with Gasteiger partial charge in [0, 0.05) is 0 Å². The molecule has 1 aromatic carbocycles. The van der Waals surface area contributed by atoms with Gasteiger partial charge in [-0.15, -0.1) is 0 Å². The molecule has 0 aliphatic heterocycles. The second kappa shape index (κ2) is 7.14. The summed E-state index contributed by atoms with van der Waals surface area (Å²) in [7, 11) is 0. The third kappa shape index (κ3) is 3.62. The Balaban J connectivity index is 3.56. The van der Waals surface area contributed by atoms with Crippen molar-refractivity contribution in [3.05, 3.63) is 48.1 Å². The summed E-state index contributed by atoms with van der Waals surface area (Å²) in [4.78, 5) is 22.7. The summed E-state index contributed by atoms with van der Waals surface area (Å²) < 4.78 is 10.7. The SMILES string of the molecule is C=CCOc1cc(C(=O)O)c(C)c(C(=O)O)c1OCC=C. The molecule has 112 valence electrons. The summed E-state index contributed by atoms with van der Waals surface area (Å²) in [6.07, 6.45) is 2.90. The van der Waals surface area contributed by atoms with Crippen LogP contribution in [-0.2, 0) is 0 Å². The lowest BCUT2D eigenvalue weighted by Gasteiger charge is -2.17. The van der Waals surface area contributed by atoms with E-state index in [2.05, 4.69) is 13.2 Å². The van der Waals surface area contributed by atoms with E-state index in [-0.39, 0.29) is 41.4 Å². The van der Waals surface area contributed by atoms with Crippen molar-refractivity contribution in [1.29, 1.82) is 0 Å². The quantitative estimate of drug-likeness (QED) is 0.715. The minimum Gasteiger partial charge on any atom is -0.486 e. The summed E-state index contributed by atoms with van der Waals surface area (Å²) in [5, 5.41) is 18.5. The number of carboxylic acid groups (broad SMARTS) is 2. The van der Waals surface area contributed by atoms with Gasteiger partial charge in [-0.05, 0) is 18.6 Å².